The molecule has 0 aromatic heterocycles. The maximum absolute atomic E-state index is 11.9. The van der Waals surface area contributed by atoms with E-state index in [1.54, 1.807) is 7.11 Å². The summed E-state index contributed by atoms with van der Waals surface area (Å²) in [4.78, 5) is 11.9. The van der Waals surface area contributed by atoms with Gasteiger partial charge in [0.1, 0.15) is 5.75 Å². The van der Waals surface area contributed by atoms with Gasteiger partial charge in [-0.25, -0.2) is 0 Å². The zero-order valence-corrected chi connectivity index (χ0v) is 14.9. The van der Waals surface area contributed by atoms with Gasteiger partial charge in [0, 0.05) is 30.1 Å². The lowest BCUT2D eigenvalue weighted by Crippen LogP contribution is -2.19. The second-order valence-corrected chi connectivity index (χ2v) is 5.75. The summed E-state index contributed by atoms with van der Waals surface area (Å²) in [5, 5.41) is 2.92. The SMILES string of the molecule is COc1ccc(NC(=O)CCC(C)N)cc1Cc1ccccc1.Cl. The first-order valence-corrected chi connectivity index (χ1v) is 7.84. The van der Waals surface area contributed by atoms with E-state index in [4.69, 9.17) is 10.5 Å². The highest BCUT2D eigenvalue weighted by atomic mass is 35.5. The minimum atomic E-state index is -0.0156. The molecule has 4 nitrogen and oxygen atoms in total. The Kier molecular flexibility index (Phi) is 8.30. The van der Waals surface area contributed by atoms with Crippen molar-refractivity contribution in [2.75, 3.05) is 12.4 Å². The smallest absolute Gasteiger partial charge is 0.224 e. The van der Waals surface area contributed by atoms with E-state index in [2.05, 4.69) is 17.4 Å². The summed E-state index contributed by atoms with van der Waals surface area (Å²) in [6, 6.07) is 15.9. The van der Waals surface area contributed by atoms with Crippen molar-refractivity contribution in [3.05, 3.63) is 59.7 Å². The van der Waals surface area contributed by atoms with Gasteiger partial charge < -0.3 is 15.8 Å². The minimum Gasteiger partial charge on any atom is -0.496 e. The number of amides is 1. The summed E-state index contributed by atoms with van der Waals surface area (Å²) in [5.74, 6) is 0.806. The summed E-state index contributed by atoms with van der Waals surface area (Å²) in [6.07, 6.45) is 1.87. The number of halogens is 1. The molecule has 1 atom stereocenters. The van der Waals surface area contributed by atoms with E-state index in [1.807, 2.05) is 43.3 Å². The Balaban J connectivity index is 0.00000288. The largest absolute Gasteiger partial charge is 0.496 e. The van der Waals surface area contributed by atoms with Crippen molar-refractivity contribution >= 4 is 24.0 Å². The number of methoxy groups -OCH3 is 1. The predicted octanol–water partition coefficient (Wildman–Crippen LogP) is 3.77. The van der Waals surface area contributed by atoms with E-state index >= 15 is 0 Å². The molecular formula is C19H25ClN2O2. The van der Waals surface area contributed by atoms with Crippen LogP contribution < -0.4 is 15.8 Å². The number of ether oxygens (including phenoxy) is 1. The number of nitrogens with one attached hydrogen (secondary N) is 1. The van der Waals surface area contributed by atoms with E-state index in [-0.39, 0.29) is 24.4 Å². The van der Waals surface area contributed by atoms with Gasteiger partial charge in [0.05, 0.1) is 7.11 Å². The van der Waals surface area contributed by atoms with Crippen molar-refractivity contribution in [2.24, 2.45) is 5.73 Å². The Morgan fingerprint density at radius 1 is 1.21 bits per heavy atom. The molecule has 0 aliphatic carbocycles. The Hall–Kier alpha value is -2.04. The second kappa shape index (κ2) is 9.96. The van der Waals surface area contributed by atoms with Crippen LogP contribution in [0.25, 0.3) is 0 Å². The lowest BCUT2D eigenvalue weighted by atomic mass is 10.0. The molecule has 0 radical (unpaired) electrons. The molecule has 0 fully saturated rings. The highest BCUT2D eigenvalue weighted by Crippen LogP contribution is 2.25. The normalized spacial score (nSPS) is 11.3. The molecule has 2 aromatic rings. The first-order valence-electron chi connectivity index (χ1n) is 7.84. The van der Waals surface area contributed by atoms with Crippen LogP contribution in [0, 0.1) is 0 Å². The molecule has 0 saturated carbocycles. The number of carbonyl (C=O) groups is 1. The van der Waals surface area contributed by atoms with Gasteiger partial charge in [-0.1, -0.05) is 30.3 Å². The molecule has 5 heteroatoms. The predicted molar refractivity (Wildman–Crippen MR) is 101 cm³/mol. The Morgan fingerprint density at radius 3 is 2.54 bits per heavy atom. The van der Waals surface area contributed by atoms with E-state index in [0.29, 0.717) is 12.8 Å². The van der Waals surface area contributed by atoms with Crippen molar-refractivity contribution in [1.29, 1.82) is 0 Å². The van der Waals surface area contributed by atoms with Crippen molar-refractivity contribution in [2.45, 2.75) is 32.2 Å². The van der Waals surface area contributed by atoms with Crippen LogP contribution in [-0.2, 0) is 11.2 Å². The lowest BCUT2D eigenvalue weighted by molar-refractivity contribution is -0.116. The molecule has 0 aliphatic rings. The fourth-order valence-electron chi connectivity index (χ4n) is 2.39. The highest BCUT2D eigenvalue weighted by Gasteiger charge is 2.09. The molecule has 0 aliphatic heterocycles. The third kappa shape index (κ3) is 6.22. The number of rotatable bonds is 7. The number of carbonyl (C=O) groups excluding carboxylic acids is 1. The van der Waals surface area contributed by atoms with Crippen LogP contribution >= 0.6 is 12.4 Å². The number of nitrogens with two attached hydrogens (primary N) is 1. The van der Waals surface area contributed by atoms with Gasteiger partial charge in [-0.2, -0.15) is 0 Å². The van der Waals surface area contributed by atoms with Gasteiger partial charge >= 0.3 is 0 Å². The number of hydrogen-bond acceptors (Lipinski definition) is 3. The molecule has 0 saturated heterocycles. The molecule has 1 amide bonds. The van der Waals surface area contributed by atoms with Crippen LogP contribution in [0.1, 0.15) is 30.9 Å². The van der Waals surface area contributed by atoms with Crippen LogP contribution in [0.15, 0.2) is 48.5 Å². The lowest BCUT2D eigenvalue weighted by Gasteiger charge is -2.12. The van der Waals surface area contributed by atoms with E-state index in [9.17, 15) is 4.79 Å². The first kappa shape index (κ1) is 20.0. The van der Waals surface area contributed by atoms with Crippen molar-refractivity contribution < 1.29 is 9.53 Å². The first-order chi connectivity index (χ1) is 11.1. The van der Waals surface area contributed by atoms with E-state index < -0.39 is 0 Å². The van der Waals surface area contributed by atoms with Crippen molar-refractivity contribution in [3.8, 4) is 5.75 Å². The molecule has 0 bridgehead atoms. The van der Waals surface area contributed by atoms with Crippen LogP contribution in [-0.4, -0.2) is 19.1 Å². The van der Waals surface area contributed by atoms with Crippen LogP contribution in [0.5, 0.6) is 5.75 Å². The minimum absolute atomic E-state index is 0. The summed E-state index contributed by atoms with van der Waals surface area (Å²) in [7, 11) is 1.66. The van der Waals surface area contributed by atoms with Crippen LogP contribution in [0.3, 0.4) is 0 Å². The van der Waals surface area contributed by atoms with Gasteiger partial charge in [-0.05, 0) is 37.1 Å². The van der Waals surface area contributed by atoms with Gasteiger partial charge in [-0.3, -0.25) is 4.79 Å². The van der Waals surface area contributed by atoms with E-state index in [1.165, 1.54) is 5.56 Å². The number of benzene rings is 2. The van der Waals surface area contributed by atoms with Gasteiger partial charge in [0.15, 0.2) is 0 Å². The van der Waals surface area contributed by atoms with Gasteiger partial charge in [-0.15, -0.1) is 12.4 Å². The fraction of sp³-hybridized carbons (Fsp3) is 0.316. The molecule has 0 heterocycles. The average molecular weight is 349 g/mol. The quantitative estimate of drug-likeness (QED) is 0.800. The molecule has 130 valence electrons. The fourth-order valence-corrected chi connectivity index (χ4v) is 2.39. The Morgan fingerprint density at radius 2 is 1.92 bits per heavy atom. The third-order valence-electron chi connectivity index (χ3n) is 3.63. The van der Waals surface area contributed by atoms with Crippen LogP contribution in [0.4, 0.5) is 5.69 Å². The van der Waals surface area contributed by atoms with Gasteiger partial charge in [0.25, 0.3) is 0 Å². The number of anilines is 1. The van der Waals surface area contributed by atoms with Crippen molar-refractivity contribution in [1.82, 2.24) is 0 Å². The zero-order valence-electron chi connectivity index (χ0n) is 14.1. The summed E-state index contributed by atoms with van der Waals surface area (Å²) < 4.78 is 5.43. The summed E-state index contributed by atoms with van der Waals surface area (Å²) in [5.41, 5.74) is 8.71. The molecule has 0 spiro atoms. The monoisotopic (exact) mass is 348 g/mol. The zero-order chi connectivity index (χ0) is 16.7. The highest BCUT2D eigenvalue weighted by molar-refractivity contribution is 5.90. The Bertz CT molecular complexity index is 645. The summed E-state index contributed by atoms with van der Waals surface area (Å²) in [6.45, 7) is 1.90. The van der Waals surface area contributed by atoms with Crippen LogP contribution in [0.2, 0.25) is 0 Å². The molecule has 1 unspecified atom stereocenters. The average Bonchev–Trinajstić information content (AvgIpc) is 2.54. The molecule has 24 heavy (non-hydrogen) atoms. The molecule has 3 N–H and O–H groups in total. The van der Waals surface area contributed by atoms with Gasteiger partial charge in [0.2, 0.25) is 5.91 Å². The maximum atomic E-state index is 11.9. The summed E-state index contributed by atoms with van der Waals surface area (Å²) >= 11 is 0. The Labute approximate surface area is 149 Å². The molecular weight excluding hydrogens is 324 g/mol. The molecule has 2 rings (SSSR count). The standard InChI is InChI=1S/C19H24N2O2.ClH/c1-14(20)8-11-19(22)21-17-9-10-18(23-2)16(13-17)12-15-6-4-3-5-7-15;/h3-7,9-10,13-14H,8,11-12,20H2,1-2H3,(H,21,22);1H. The second-order valence-electron chi connectivity index (χ2n) is 5.75. The topological polar surface area (TPSA) is 64.3 Å². The van der Waals surface area contributed by atoms with Crippen molar-refractivity contribution in [3.63, 3.8) is 0 Å². The maximum Gasteiger partial charge on any atom is 0.224 e. The third-order valence-corrected chi connectivity index (χ3v) is 3.63. The molecule has 2 aromatic carbocycles. The number of hydrogen-bond donors (Lipinski definition) is 2. The van der Waals surface area contributed by atoms with E-state index in [0.717, 1.165) is 23.4 Å².